The van der Waals surface area contributed by atoms with Crippen LogP contribution in [-0.2, 0) is 0 Å². The summed E-state index contributed by atoms with van der Waals surface area (Å²) in [5, 5.41) is 3.55. The van der Waals surface area contributed by atoms with Crippen molar-refractivity contribution in [1.82, 2.24) is 5.32 Å². The van der Waals surface area contributed by atoms with E-state index >= 15 is 0 Å². The summed E-state index contributed by atoms with van der Waals surface area (Å²) in [6.45, 7) is 11.2. The minimum absolute atomic E-state index is 0.390. The average molecular weight is 339 g/mol. The molecule has 1 saturated carbocycles. The first-order valence-corrected chi connectivity index (χ1v) is 8.61. The lowest BCUT2D eigenvalue weighted by Gasteiger charge is -2.31. The van der Waals surface area contributed by atoms with Gasteiger partial charge in [0.05, 0.1) is 0 Å². The number of hydrogen-bond acceptors (Lipinski definition) is 2. The van der Waals surface area contributed by atoms with Gasteiger partial charge in [0.1, 0.15) is 0 Å². The Morgan fingerprint density at radius 2 is 2.00 bits per heavy atom. The van der Waals surface area contributed by atoms with Crippen molar-refractivity contribution < 1.29 is 0 Å². The summed E-state index contributed by atoms with van der Waals surface area (Å²) in [5.41, 5.74) is 2.83. The van der Waals surface area contributed by atoms with Crippen molar-refractivity contribution in [2.24, 2.45) is 5.92 Å². The molecule has 1 aliphatic carbocycles. The molecule has 0 radical (unpaired) electrons. The number of benzene rings is 1. The lowest BCUT2D eigenvalue weighted by atomic mass is 10.0. The molecule has 1 aromatic rings. The Kier molecular flexibility index (Phi) is 5.50. The third-order valence-corrected chi connectivity index (χ3v) is 4.32. The molecule has 0 saturated heterocycles. The third kappa shape index (κ3) is 3.98. The summed E-state index contributed by atoms with van der Waals surface area (Å²) >= 11 is 3.62. The standard InChI is InChI=1S/C17H27BrN2/c1-5-19-13(4)16-10-14(18)6-9-17(16)20(11-12(2)3)15-7-8-15/h6,9-10,12-13,15,19H,5,7-8,11H2,1-4H3. The van der Waals surface area contributed by atoms with Gasteiger partial charge in [-0.05, 0) is 56.0 Å². The Bertz CT molecular complexity index is 441. The average Bonchev–Trinajstić information content (AvgIpc) is 3.20. The Balaban J connectivity index is 2.32. The van der Waals surface area contributed by atoms with Crippen molar-refractivity contribution in [2.45, 2.75) is 52.6 Å². The molecule has 1 atom stereocenters. The topological polar surface area (TPSA) is 15.3 Å². The zero-order valence-corrected chi connectivity index (χ0v) is 14.7. The smallest absolute Gasteiger partial charge is 0.0417 e. The highest BCUT2D eigenvalue weighted by Crippen LogP contribution is 2.37. The summed E-state index contributed by atoms with van der Waals surface area (Å²) < 4.78 is 1.17. The first kappa shape index (κ1) is 15.8. The zero-order chi connectivity index (χ0) is 14.7. The second kappa shape index (κ2) is 6.95. The predicted molar refractivity (Wildman–Crippen MR) is 91.4 cm³/mol. The molecule has 1 unspecified atom stereocenters. The molecule has 0 heterocycles. The van der Waals surface area contributed by atoms with Crippen LogP contribution in [0.2, 0.25) is 0 Å². The van der Waals surface area contributed by atoms with Crippen molar-refractivity contribution in [3.8, 4) is 0 Å². The monoisotopic (exact) mass is 338 g/mol. The first-order chi connectivity index (χ1) is 9.52. The van der Waals surface area contributed by atoms with Gasteiger partial charge in [0.2, 0.25) is 0 Å². The van der Waals surface area contributed by atoms with E-state index in [0.717, 1.165) is 19.1 Å². The van der Waals surface area contributed by atoms with Crippen molar-refractivity contribution in [2.75, 3.05) is 18.0 Å². The molecule has 1 N–H and O–H groups in total. The number of rotatable bonds is 7. The van der Waals surface area contributed by atoms with Crippen molar-refractivity contribution in [1.29, 1.82) is 0 Å². The SMILES string of the molecule is CCNC(C)c1cc(Br)ccc1N(CC(C)C)C1CC1. The van der Waals surface area contributed by atoms with Crippen LogP contribution < -0.4 is 10.2 Å². The van der Waals surface area contributed by atoms with Gasteiger partial charge in [0.15, 0.2) is 0 Å². The highest BCUT2D eigenvalue weighted by molar-refractivity contribution is 9.10. The number of anilines is 1. The van der Waals surface area contributed by atoms with E-state index in [2.05, 4.69) is 72.0 Å². The van der Waals surface area contributed by atoms with Gasteiger partial charge >= 0.3 is 0 Å². The zero-order valence-electron chi connectivity index (χ0n) is 13.1. The Labute approximate surface area is 132 Å². The fraction of sp³-hybridized carbons (Fsp3) is 0.647. The quantitative estimate of drug-likeness (QED) is 0.772. The minimum atomic E-state index is 0.390. The molecule has 0 aliphatic heterocycles. The largest absolute Gasteiger partial charge is 0.368 e. The normalized spacial score (nSPS) is 16.5. The fourth-order valence-electron chi connectivity index (χ4n) is 2.77. The second-order valence-corrected chi connectivity index (χ2v) is 7.18. The highest BCUT2D eigenvalue weighted by atomic mass is 79.9. The van der Waals surface area contributed by atoms with E-state index in [-0.39, 0.29) is 0 Å². The Morgan fingerprint density at radius 3 is 2.55 bits per heavy atom. The van der Waals surface area contributed by atoms with Gasteiger partial charge in [-0.15, -0.1) is 0 Å². The third-order valence-electron chi connectivity index (χ3n) is 3.83. The number of halogens is 1. The van der Waals surface area contributed by atoms with Gasteiger partial charge in [-0.3, -0.25) is 0 Å². The van der Waals surface area contributed by atoms with Crippen LogP contribution in [0.15, 0.2) is 22.7 Å². The van der Waals surface area contributed by atoms with E-state index in [4.69, 9.17) is 0 Å². The van der Waals surface area contributed by atoms with Gasteiger partial charge in [0.25, 0.3) is 0 Å². The summed E-state index contributed by atoms with van der Waals surface area (Å²) in [5.74, 6) is 0.696. The fourth-order valence-corrected chi connectivity index (χ4v) is 3.15. The highest BCUT2D eigenvalue weighted by Gasteiger charge is 2.31. The van der Waals surface area contributed by atoms with Crippen LogP contribution in [0.5, 0.6) is 0 Å². The molecule has 112 valence electrons. The van der Waals surface area contributed by atoms with E-state index in [1.807, 2.05) is 0 Å². The molecule has 0 bridgehead atoms. The van der Waals surface area contributed by atoms with Gasteiger partial charge in [-0.1, -0.05) is 36.7 Å². The molecule has 0 aromatic heterocycles. The van der Waals surface area contributed by atoms with Crippen molar-refractivity contribution >= 4 is 21.6 Å². The Morgan fingerprint density at radius 1 is 1.30 bits per heavy atom. The molecule has 0 amide bonds. The summed E-state index contributed by atoms with van der Waals surface area (Å²) in [6.07, 6.45) is 2.69. The first-order valence-electron chi connectivity index (χ1n) is 7.82. The summed E-state index contributed by atoms with van der Waals surface area (Å²) in [7, 11) is 0. The molecule has 1 aliphatic rings. The summed E-state index contributed by atoms with van der Waals surface area (Å²) in [4.78, 5) is 2.63. The van der Waals surface area contributed by atoms with Crippen LogP contribution in [0.4, 0.5) is 5.69 Å². The van der Waals surface area contributed by atoms with Gasteiger partial charge in [0, 0.05) is 28.8 Å². The van der Waals surface area contributed by atoms with Crippen LogP contribution >= 0.6 is 15.9 Å². The van der Waals surface area contributed by atoms with Crippen molar-refractivity contribution in [3.63, 3.8) is 0 Å². The van der Waals surface area contributed by atoms with Crippen LogP contribution in [0.25, 0.3) is 0 Å². The molecule has 0 spiro atoms. The van der Waals surface area contributed by atoms with Crippen LogP contribution in [0.1, 0.15) is 52.1 Å². The van der Waals surface area contributed by atoms with Crippen molar-refractivity contribution in [3.05, 3.63) is 28.2 Å². The molecular weight excluding hydrogens is 312 g/mol. The number of nitrogens with one attached hydrogen (secondary N) is 1. The molecule has 2 nitrogen and oxygen atoms in total. The molecule has 3 heteroatoms. The van der Waals surface area contributed by atoms with E-state index in [9.17, 15) is 0 Å². The summed E-state index contributed by atoms with van der Waals surface area (Å²) in [6, 6.07) is 7.88. The number of nitrogens with zero attached hydrogens (tertiary/aromatic N) is 1. The van der Waals surface area contributed by atoms with E-state index in [0.29, 0.717) is 12.0 Å². The maximum absolute atomic E-state index is 3.62. The molecule has 1 fully saturated rings. The lowest BCUT2D eigenvalue weighted by molar-refractivity contribution is 0.580. The Hall–Kier alpha value is -0.540. The molecule has 2 rings (SSSR count). The van der Waals surface area contributed by atoms with Gasteiger partial charge in [-0.25, -0.2) is 0 Å². The number of hydrogen-bond donors (Lipinski definition) is 1. The predicted octanol–water partition coefficient (Wildman–Crippen LogP) is 4.74. The van der Waals surface area contributed by atoms with E-state index in [1.54, 1.807) is 0 Å². The van der Waals surface area contributed by atoms with Gasteiger partial charge in [-0.2, -0.15) is 0 Å². The van der Waals surface area contributed by atoms with Gasteiger partial charge < -0.3 is 10.2 Å². The molecule has 1 aromatic carbocycles. The van der Waals surface area contributed by atoms with Crippen LogP contribution in [0.3, 0.4) is 0 Å². The van der Waals surface area contributed by atoms with Crippen LogP contribution in [0, 0.1) is 5.92 Å². The molecular formula is C17H27BrN2. The maximum Gasteiger partial charge on any atom is 0.0417 e. The second-order valence-electron chi connectivity index (χ2n) is 6.26. The lowest BCUT2D eigenvalue weighted by Crippen LogP contribution is -2.32. The van der Waals surface area contributed by atoms with E-state index in [1.165, 1.54) is 28.6 Å². The van der Waals surface area contributed by atoms with E-state index < -0.39 is 0 Å². The van der Waals surface area contributed by atoms with Crippen LogP contribution in [-0.4, -0.2) is 19.1 Å². The maximum atomic E-state index is 3.62. The minimum Gasteiger partial charge on any atom is -0.368 e. The molecule has 20 heavy (non-hydrogen) atoms.